The van der Waals surface area contributed by atoms with Crippen LogP contribution in [-0.4, -0.2) is 29.3 Å². The van der Waals surface area contributed by atoms with Gasteiger partial charge in [-0.2, -0.15) is 5.26 Å². The number of benzene rings is 1. The van der Waals surface area contributed by atoms with Crippen molar-refractivity contribution in [1.29, 1.82) is 5.26 Å². The quantitative estimate of drug-likeness (QED) is 0.727. The zero-order valence-electron chi connectivity index (χ0n) is 15.7. The van der Waals surface area contributed by atoms with E-state index in [1.165, 1.54) is 11.8 Å². The van der Waals surface area contributed by atoms with Gasteiger partial charge in [-0.05, 0) is 50.2 Å². The van der Waals surface area contributed by atoms with Gasteiger partial charge in [-0.3, -0.25) is 4.90 Å². The van der Waals surface area contributed by atoms with Crippen molar-refractivity contribution in [3.63, 3.8) is 0 Å². The van der Waals surface area contributed by atoms with Crippen LogP contribution in [0.25, 0.3) is 0 Å². The molecule has 0 amide bonds. The smallest absolute Gasteiger partial charge is 0.338 e. The summed E-state index contributed by atoms with van der Waals surface area (Å²) in [5.41, 5.74) is 7.80. The number of nitriles is 1. The maximum atomic E-state index is 12.7. The van der Waals surface area contributed by atoms with E-state index in [2.05, 4.69) is 11.1 Å². The standard InChI is InChI=1S/C19H19ClN4O3S/c1-4-26-13-7-6-11(8-12(13)20)16-15(18(25)27-5-2)10(3)23-19-24(16)17(22)14(9-21)28-19/h6-8,16H,4-5,22H2,1-3H3/t16-/m0/s1. The molecule has 1 aromatic carbocycles. The van der Waals surface area contributed by atoms with Crippen molar-refractivity contribution >= 4 is 34.5 Å². The highest BCUT2D eigenvalue weighted by molar-refractivity contribution is 8.17. The summed E-state index contributed by atoms with van der Waals surface area (Å²) >= 11 is 7.55. The third-order valence-corrected chi connectivity index (χ3v) is 5.52. The molecule has 28 heavy (non-hydrogen) atoms. The number of hydrogen-bond acceptors (Lipinski definition) is 8. The molecule has 2 aliphatic heterocycles. The molecule has 146 valence electrons. The lowest BCUT2D eigenvalue weighted by Gasteiger charge is -2.35. The number of allylic oxidation sites excluding steroid dienone is 2. The van der Waals surface area contributed by atoms with Gasteiger partial charge in [-0.15, -0.1) is 0 Å². The van der Waals surface area contributed by atoms with Crippen LogP contribution in [0, 0.1) is 11.3 Å². The molecule has 0 aliphatic carbocycles. The number of esters is 1. The predicted octanol–water partition coefficient (Wildman–Crippen LogP) is 3.69. The zero-order valence-corrected chi connectivity index (χ0v) is 17.2. The fraction of sp³-hybridized carbons (Fsp3) is 0.316. The number of halogens is 1. The molecule has 0 spiro atoms. The molecule has 0 saturated carbocycles. The molecule has 0 bridgehead atoms. The Kier molecular flexibility index (Phi) is 5.87. The molecule has 3 rings (SSSR count). The minimum Gasteiger partial charge on any atom is -0.492 e. The van der Waals surface area contributed by atoms with E-state index in [1.807, 2.05) is 13.0 Å². The van der Waals surface area contributed by atoms with Gasteiger partial charge in [0.1, 0.15) is 22.5 Å². The normalized spacial score (nSPS) is 18.6. The summed E-state index contributed by atoms with van der Waals surface area (Å²) in [5.74, 6) is 0.310. The maximum absolute atomic E-state index is 12.7. The van der Waals surface area contributed by atoms with Gasteiger partial charge >= 0.3 is 5.97 Å². The molecule has 2 heterocycles. The van der Waals surface area contributed by atoms with E-state index in [1.54, 1.807) is 30.9 Å². The predicted molar refractivity (Wildman–Crippen MR) is 108 cm³/mol. The molecule has 2 aliphatic rings. The third kappa shape index (κ3) is 3.43. The van der Waals surface area contributed by atoms with Gasteiger partial charge in [0.2, 0.25) is 0 Å². The van der Waals surface area contributed by atoms with Crippen LogP contribution in [0.1, 0.15) is 32.4 Å². The van der Waals surface area contributed by atoms with Gasteiger partial charge in [0.25, 0.3) is 0 Å². The largest absolute Gasteiger partial charge is 0.492 e. The second-order valence-corrected chi connectivity index (χ2v) is 7.32. The highest BCUT2D eigenvalue weighted by Crippen LogP contribution is 2.46. The van der Waals surface area contributed by atoms with Crippen molar-refractivity contribution in [2.75, 3.05) is 13.2 Å². The molecule has 0 saturated heterocycles. The molecule has 1 atom stereocenters. The Bertz CT molecular complexity index is 964. The van der Waals surface area contributed by atoms with E-state index in [9.17, 15) is 10.1 Å². The molecule has 0 radical (unpaired) electrons. The molecule has 0 unspecified atom stereocenters. The third-order valence-electron chi connectivity index (χ3n) is 4.24. The summed E-state index contributed by atoms with van der Waals surface area (Å²) in [6.07, 6.45) is 0. The second-order valence-electron chi connectivity index (χ2n) is 5.94. The summed E-state index contributed by atoms with van der Waals surface area (Å²) < 4.78 is 10.8. The Labute approximate surface area is 172 Å². The van der Waals surface area contributed by atoms with Crippen LogP contribution >= 0.6 is 23.4 Å². The maximum Gasteiger partial charge on any atom is 0.338 e. The Morgan fingerprint density at radius 1 is 1.43 bits per heavy atom. The van der Waals surface area contributed by atoms with Crippen LogP contribution in [-0.2, 0) is 9.53 Å². The van der Waals surface area contributed by atoms with Gasteiger partial charge in [0, 0.05) is 0 Å². The van der Waals surface area contributed by atoms with Crippen LogP contribution in [0.15, 0.2) is 45.2 Å². The number of fused-ring (bicyclic) bond motifs is 1. The number of carbonyl (C=O) groups is 1. The van der Waals surface area contributed by atoms with Crippen LogP contribution < -0.4 is 10.5 Å². The van der Waals surface area contributed by atoms with Crippen molar-refractivity contribution in [2.24, 2.45) is 10.7 Å². The first-order chi connectivity index (χ1) is 13.4. The van der Waals surface area contributed by atoms with Crippen molar-refractivity contribution in [2.45, 2.75) is 26.8 Å². The number of amidine groups is 1. The number of rotatable bonds is 5. The van der Waals surface area contributed by atoms with E-state index >= 15 is 0 Å². The first-order valence-electron chi connectivity index (χ1n) is 8.68. The monoisotopic (exact) mass is 418 g/mol. The van der Waals surface area contributed by atoms with E-state index in [0.29, 0.717) is 44.3 Å². The van der Waals surface area contributed by atoms with Crippen LogP contribution in [0.5, 0.6) is 5.75 Å². The number of aliphatic imine (C=N–C) groups is 1. The number of hydrogen-bond donors (Lipinski definition) is 1. The summed E-state index contributed by atoms with van der Waals surface area (Å²) in [4.78, 5) is 19.2. The van der Waals surface area contributed by atoms with E-state index in [0.717, 1.165) is 0 Å². The Balaban J connectivity index is 2.16. The van der Waals surface area contributed by atoms with E-state index in [-0.39, 0.29) is 12.4 Å². The first-order valence-corrected chi connectivity index (χ1v) is 9.88. The van der Waals surface area contributed by atoms with Crippen LogP contribution in [0.4, 0.5) is 0 Å². The summed E-state index contributed by atoms with van der Waals surface area (Å²) in [6, 6.07) is 6.76. The van der Waals surface area contributed by atoms with Gasteiger partial charge in [-0.25, -0.2) is 9.79 Å². The second kappa shape index (κ2) is 8.17. The molecule has 1 aromatic rings. The lowest BCUT2D eigenvalue weighted by Crippen LogP contribution is -2.38. The van der Waals surface area contributed by atoms with Crippen molar-refractivity contribution in [3.05, 3.63) is 50.8 Å². The van der Waals surface area contributed by atoms with Crippen molar-refractivity contribution in [3.8, 4) is 11.8 Å². The minimum absolute atomic E-state index is 0.229. The van der Waals surface area contributed by atoms with E-state index < -0.39 is 12.0 Å². The SMILES string of the molecule is CCOC(=O)C1=C(C)N=C2SC(C#N)=C(N)N2[C@H]1c1ccc(OCC)c(Cl)c1. The molecular weight excluding hydrogens is 400 g/mol. The van der Waals surface area contributed by atoms with Crippen molar-refractivity contribution in [1.82, 2.24) is 4.90 Å². The number of thioether (sulfide) groups is 1. The lowest BCUT2D eigenvalue weighted by molar-refractivity contribution is -0.139. The number of ether oxygens (including phenoxy) is 2. The summed E-state index contributed by atoms with van der Waals surface area (Å²) in [5, 5.41) is 10.3. The fourth-order valence-corrected chi connectivity index (χ4v) is 4.25. The average Bonchev–Trinajstić information content (AvgIpc) is 2.98. The fourth-order valence-electron chi connectivity index (χ4n) is 3.09. The first kappa shape index (κ1) is 20.1. The van der Waals surface area contributed by atoms with Gasteiger partial charge < -0.3 is 15.2 Å². The van der Waals surface area contributed by atoms with Crippen molar-refractivity contribution < 1.29 is 14.3 Å². The Morgan fingerprint density at radius 2 is 2.18 bits per heavy atom. The number of nitrogens with two attached hydrogens (primary N) is 1. The number of carbonyl (C=O) groups excluding carboxylic acids is 1. The van der Waals surface area contributed by atoms with E-state index in [4.69, 9.17) is 26.8 Å². The number of nitrogens with zero attached hydrogens (tertiary/aromatic N) is 3. The molecule has 0 fully saturated rings. The zero-order chi connectivity index (χ0) is 20.4. The molecule has 0 aromatic heterocycles. The Hall–Kier alpha value is -2.63. The van der Waals surface area contributed by atoms with Gasteiger partial charge in [-0.1, -0.05) is 17.7 Å². The Morgan fingerprint density at radius 3 is 2.79 bits per heavy atom. The van der Waals surface area contributed by atoms with Crippen LogP contribution in [0.2, 0.25) is 5.02 Å². The van der Waals surface area contributed by atoms with Gasteiger partial charge in [0.15, 0.2) is 5.17 Å². The lowest BCUT2D eigenvalue weighted by atomic mass is 9.94. The highest BCUT2D eigenvalue weighted by Gasteiger charge is 2.42. The average molecular weight is 419 g/mol. The molecule has 2 N–H and O–H groups in total. The minimum atomic E-state index is -0.613. The van der Waals surface area contributed by atoms with Gasteiger partial charge in [0.05, 0.1) is 35.5 Å². The summed E-state index contributed by atoms with van der Waals surface area (Å²) in [6.45, 7) is 6.06. The topological polar surface area (TPSA) is 101 Å². The molecule has 7 nitrogen and oxygen atoms in total. The van der Waals surface area contributed by atoms with Crippen LogP contribution in [0.3, 0.4) is 0 Å². The molecular formula is C19H19ClN4O3S. The summed E-state index contributed by atoms with van der Waals surface area (Å²) in [7, 11) is 0. The molecule has 9 heteroatoms. The highest BCUT2D eigenvalue weighted by atomic mass is 35.5.